The van der Waals surface area contributed by atoms with E-state index in [0.717, 1.165) is 22.8 Å². The highest BCUT2D eigenvalue weighted by Crippen LogP contribution is 2.12. The van der Waals surface area contributed by atoms with Gasteiger partial charge in [0.1, 0.15) is 0 Å². The Kier molecular flexibility index (Phi) is 4.51. The van der Waals surface area contributed by atoms with E-state index in [-0.39, 0.29) is 0 Å². The van der Waals surface area contributed by atoms with Gasteiger partial charge in [0, 0.05) is 17.1 Å². The van der Waals surface area contributed by atoms with Crippen molar-refractivity contribution >= 4 is 17.1 Å². The number of para-hydroxylation sites is 2. The smallest absolute Gasteiger partial charge is 0.0632 e. The maximum absolute atomic E-state index is 4.54. The minimum Gasteiger partial charge on any atom is -0.359 e. The Morgan fingerprint density at radius 1 is 0.895 bits per heavy atom. The molecule has 0 saturated carbocycles. The lowest BCUT2D eigenvalue weighted by atomic mass is 10.2. The number of hydrogen-bond acceptors (Lipinski definition) is 2. The Hall–Kier alpha value is -2.35. The molecule has 1 N–H and O–H groups in total. The van der Waals surface area contributed by atoms with Crippen LogP contribution in [-0.2, 0) is 0 Å². The Labute approximate surface area is 114 Å². The third kappa shape index (κ3) is 4.43. The number of hydrogen-bond donors (Lipinski definition) is 1. The first-order chi connectivity index (χ1) is 9.24. The fourth-order valence-corrected chi connectivity index (χ4v) is 1.84. The summed E-state index contributed by atoms with van der Waals surface area (Å²) in [6.45, 7) is 4.04. The van der Waals surface area contributed by atoms with Crippen molar-refractivity contribution in [1.29, 1.82) is 0 Å². The first-order valence-electron chi connectivity index (χ1n) is 6.35. The molecule has 0 saturated heterocycles. The lowest BCUT2D eigenvalue weighted by molar-refractivity contribution is 1.37. The van der Waals surface area contributed by atoms with Gasteiger partial charge in [-0.05, 0) is 44.2 Å². The van der Waals surface area contributed by atoms with E-state index in [1.807, 2.05) is 80.6 Å². The highest BCUT2D eigenvalue weighted by atomic mass is 14.9. The summed E-state index contributed by atoms with van der Waals surface area (Å²) in [6, 6.07) is 20.1. The van der Waals surface area contributed by atoms with Crippen LogP contribution in [0.3, 0.4) is 0 Å². The van der Waals surface area contributed by atoms with E-state index >= 15 is 0 Å². The summed E-state index contributed by atoms with van der Waals surface area (Å²) >= 11 is 0. The molecule has 0 unspecified atom stereocenters. The molecule has 0 aliphatic carbocycles. The fraction of sp³-hybridized carbons (Fsp3) is 0.118. The molecule has 0 radical (unpaired) electrons. The van der Waals surface area contributed by atoms with Gasteiger partial charge < -0.3 is 5.32 Å². The lowest BCUT2D eigenvalue weighted by Crippen LogP contribution is -1.98. The summed E-state index contributed by atoms with van der Waals surface area (Å²) < 4.78 is 0. The molecule has 0 aliphatic heterocycles. The van der Waals surface area contributed by atoms with Crippen LogP contribution < -0.4 is 5.32 Å². The molecule has 0 spiro atoms. The van der Waals surface area contributed by atoms with E-state index in [1.165, 1.54) is 0 Å². The Bertz CT molecular complexity index is 569. The minimum absolute atomic E-state index is 0.976. The average Bonchev–Trinajstić information content (AvgIpc) is 2.40. The quantitative estimate of drug-likeness (QED) is 0.775. The predicted molar refractivity (Wildman–Crippen MR) is 83.0 cm³/mol. The molecule has 0 fully saturated rings. The second-order valence-electron chi connectivity index (χ2n) is 4.41. The Morgan fingerprint density at radius 2 is 1.47 bits per heavy atom. The molecular weight excluding hydrogens is 232 g/mol. The SMILES string of the molecule is CC(/C=C(/C)Nc1ccccc1)=Nc1ccccc1. The molecule has 0 aliphatic rings. The van der Waals surface area contributed by atoms with E-state index < -0.39 is 0 Å². The van der Waals surface area contributed by atoms with Gasteiger partial charge in [0.05, 0.1) is 5.69 Å². The first-order valence-corrected chi connectivity index (χ1v) is 6.35. The van der Waals surface area contributed by atoms with Crippen molar-refractivity contribution in [2.45, 2.75) is 13.8 Å². The van der Waals surface area contributed by atoms with Crippen molar-refractivity contribution in [1.82, 2.24) is 0 Å². The number of allylic oxidation sites excluding steroid dienone is 2. The van der Waals surface area contributed by atoms with Crippen LogP contribution in [0.15, 0.2) is 77.4 Å². The number of benzene rings is 2. The van der Waals surface area contributed by atoms with Crippen LogP contribution in [0.2, 0.25) is 0 Å². The molecule has 0 atom stereocenters. The summed E-state index contributed by atoms with van der Waals surface area (Å²) in [5, 5.41) is 3.34. The van der Waals surface area contributed by atoms with Crippen molar-refractivity contribution in [3.8, 4) is 0 Å². The van der Waals surface area contributed by atoms with Crippen LogP contribution in [0, 0.1) is 0 Å². The monoisotopic (exact) mass is 250 g/mol. The molecule has 2 nitrogen and oxygen atoms in total. The van der Waals surface area contributed by atoms with Gasteiger partial charge in [-0.1, -0.05) is 36.4 Å². The third-order valence-corrected chi connectivity index (χ3v) is 2.60. The highest BCUT2D eigenvalue weighted by molar-refractivity contribution is 5.95. The van der Waals surface area contributed by atoms with Gasteiger partial charge in [-0.25, -0.2) is 0 Å². The van der Waals surface area contributed by atoms with Crippen molar-refractivity contribution in [3.05, 3.63) is 72.4 Å². The summed E-state index contributed by atoms with van der Waals surface area (Å²) in [6.07, 6.45) is 2.04. The third-order valence-electron chi connectivity index (χ3n) is 2.60. The molecular formula is C17H18N2. The van der Waals surface area contributed by atoms with Crippen molar-refractivity contribution in [2.24, 2.45) is 4.99 Å². The number of rotatable bonds is 4. The van der Waals surface area contributed by atoms with Gasteiger partial charge in [-0.15, -0.1) is 0 Å². The molecule has 2 heteroatoms. The summed E-state index contributed by atoms with van der Waals surface area (Å²) in [7, 11) is 0. The highest BCUT2D eigenvalue weighted by Gasteiger charge is 1.93. The molecule has 19 heavy (non-hydrogen) atoms. The van der Waals surface area contributed by atoms with Gasteiger partial charge in [0.25, 0.3) is 0 Å². The van der Waals surface area contributed by atoms with E-state index in [2.05, 4.69) is 10.3 Å². The zero-order chi connectivity index (χ0) is 13.5. The second-order valence-corrected chi connectivity index (χ2v) is 4.41. The topological polar surface area (TPSA) is 24.4 Å². The summed E-state index contributed by atoms with van der Waals surface area (Å²) in [5.74, 6) is 0. The van der Waals surface area contributed by atoms with E-state index in [4.69, 9.17) is 0 Å². The van der Waals surface area contributed by atoms with Crippen LogP contribution in [0.4, 0.5) is 11.4 Å². The number of nitrogens with one attached hydrogen (secondary N) is 1. The Balaban J connectivity index is 2.06. The van der Waals surface area contributed by atoms with E-state index in [1.54, 1.807) is 0 Å². The van der Waals surface area contributed by atoms with Crippen molar-refractivity contribution in [2.75, 3.05) is 5.32 Å². The molecule has 0 amide bonds. The van der Waals surface area contributed by atoms with Crippen LogP contribution in [0.1, 0.15) is 13.8 Å². The normalized spacial score (nSPS) is 12.3. The fourth-order valence-electron chi connectivity index (χ4n) is 1.84. The summed E-state index contributed by atoms with van der Waals surface area (Å²) in [4.78, 5) is 4.54. The molecule has 2 aromatic rings. The molecule has 0 heterocycles. The predicted octanol–water partition coefficient (Wildman–Crippen LogP) is 4.79. The molecule has 2 rings (SSSR count). The zero-order valence-corrected chi connectivity index (χ0v) is 11.3. The molecule has 0 bridgehead atoms. The van der Waals surface area contributed by atoms with Crippen LogP contribution in [-0.4, -0.2) is 5.71 Å². The second kappa shape index (κ2) is 6.55. The number of anilines is 1. The lowest BCUT2D eigenvalue weighted by Gasteiger charge is -2.06. The average molecular weight is 250 g/mol. The Morgan fingerprint density at radius 3 is 2.11 bits per heavy atom. The molecule has 0 aromatic heterocycles. The maximum Gasteiger partial charge on any atom is 0.0632 e. The maximum atomic E-state index is 4.54. The van der Waals surface area contributed by atoms with Gasteiger partial charge in [0.15, 0.2) is 0 Å². The number of aliphatic imine (C=N–C) groups is 1. The first kappa shape index (κ1) is 13.1. The van der Waals surface area contributed by atoms with E-state index in [0.29, 0.717) is 0 Å². The van der Waals surface area contributed by atoms with Gasteiger partial charge >= 0.3 is 0 Å². The van der Waals surface area contributed by atoms with Crippen molar-refractivity contribution in [3.63, 3.8) is 0 Å². The number of nitrogens with zero attached hydrogens (tertiary/aromatic N) is 1. The zero-order valence-electron chi connectivity index (χ0n) is 11.3. The molecule has 96 valence electrons. The van der Waals surface area contributed by atoms with Crippen LogP contribution in [0.25, 0.3) is 0 Å². The largest absolute Gasteiger partial charge is 0.359 e. The minimum atomic E-state index is 0.976. The van der Waals surface area contributed by atoms with Gasteiger partial charge in [-0.2, -0.15) is 0 Å². The standard InChI is InChI=1S/C17H18N2/c1-14(18-16-9-5-3-6-10-16)13-15(2)19-17-11-7-4-8-12-17/h3-13,18H,1-2H3/b14-13-,19-15?. The summed E-state index contributed by atoms with van der Waals surface area (Å²) in [5.41, 5.74) is 4.11. The van der Waals surface area contributed by atoms with Gasteiger partial charge in [-0.3, -0.25) is 4.99 Å². The van der Waals surface area contributed by atoms with Crippen LogP contribution in [0.5, 0.6) is 0 Å². The van der Waals surface area contributed by atoms with Crippen LogP contribution >= 0.6 is 0 Å². The molecule has 2 aromatic carbocycles. The van der Waals surface area contributed by atoms with Crippen molar-refractivity contribution < 1.29 is 0 Å². The van der Waals surface area contributed by atoms with E-state index in [9.17, 15) is 0 Å². The van der Waals surface area contributed by atoms with Gasteiger partial charge in [0.2, 0.25) is 0 Å².